The van der Waals surface area contributed by atoms with Gasteiger partial charge < -0.3 is 9.64 Å². The Morgan fingerprint density at radius 2 is 2.15 bits per heavy atom. The second-order valence-corrected chi connectivity index (χ2v) is 4.20. The van der Waals surface area contributed by atoms with E-state index in [1.807, 2.05) is 11.8 Å². The average Bonchev–Trinajstić information content (AvgIpc) is 2.19. The van der Waals surface area contributed by atoms with Crippen molar-refractivity contribution in [1.82, 2.24) is 4.90 Å². The quantitative estimate of drug-likeness (QED) is 0.426. The highest BCUT2D eigenvalue weighted by Crippen LogP contribution is 2.06. The van der Waals surface area contributed by atoms with E-state index >= 15 is 0 Å². The third-order valence-electron chi connectivity index (χ3n) is 1.98. The van der Waals surface area contributed by atoms with Crippen molar-refractivity contribution in [2.24, 2.45) is 0 Å². The van der Waals surface area contributed by atoms with E-state index in [2.05, 4.69) is 11.8 Å². The molecule has 0 unspecified atom stereocenters. The molecule has 1 saturated heterocycles. The van der Waals surface area contributed by atoms with Crippen molar-refractivity contribution in [2.75, 3.05) is 37.8 Å². The summed E-state index contributed by atoms with van der Waals surface area (Å²) in [4.78, 5) is 2.12. The summed E-state index contributed by atoms with van der Waals surface area (Å²) in [5.41, 5.74) is 0. The van der Waals surface area contributed by atoms with Crippen molar-refractivity contribution in [3.05, 3.63) is 0 Å². The Morgan fingerprint density at radius 1 is 1.46 bits per heavy atom. The van der Waals surface area contributed by atoms with Gasteiger partial charge in [-0.3, -0.25) is 5.41 Å². The van der Waals surface area contributed by atoms with Crippen LogP contribution in [0.5, 0.6) is 0 Å². The minimum absolute atomic E-state index is 0.766. The van der Waals surface area contributed by atoms with E-state index in [9.17, 15) is 0 Å². The average molecular weight is 202 g/mol. The number of thioether (sulfide) groups is 1. The maximum Gasteiger partial charge on any atom is 0.106 e. The van der Waals surface area contributed by atoms with Gasteiger partial charge in [-0.2, -0.15) is 11.8 Å². The molecule has 3 nitrogen and oxygen atoms in total. The molecule has 0 aromatic carbocycles. The minimum atomic E-state index is 0.766. The minimum Gasteiger partial charge on any atom is -0.378 e. The molecule has 76 valence electrons. The van der Waals surface area contributed by atoms with Crippen molar-refractivity contribution >= 4 is 17.6 Å². The van der Waals surface area contributed by atoms with Gasteiger partial charge in [0.25, 0.3) is 0 Å². The van der Waals surface area contributed by atoms with E-state index in [1.165, 1.54) is 6.42 Å². The lowest BCUT2D eigenvalue weighted by Gasteiger charge is -2.28. The van der Waals surface area contributed by atoms with Gasteiger partial charge in [0.05, 0.1) is 19.0 Å². The van der Waals surface area contributed by atoms with Crippen molar-refractivity contribution in [3.8, 4) is 0 Å². The predicted molar refractivity (Wildman–Crippen MR) is 57.7 cm³/mol. The van der Waals surface area contributed by atoms with Gasteiger partial charge in [0.1, 0.15) is 5.84 Å². The number of nitrogens with zero attached hydrogens (tertiary/aromatic N) is 1. The largest absolute Gasteiger partial charge is 0.378 e. The van der Waals surface area contributed by atoms with Crippen LogP contribution >= 0.6 is 11.8 Å². The van der Waals surface area contributed by atoms with Crippen molar-refractivity contribution in [3.63, 3.8) is 0 Å². The fourth-order valence-corrected chi connectivity index (χ4v) is 2.05. The summed E-state index contributed by atoms with van der Waals surface area (Å²) < 4.78 is 5.23. The second kappa shape index (κ2) is 6.27. The van der Waals surface area contributed by atoms with Crippen LogP contribution in [0.2, 0.25) is 0 Å². The Morgan fingerprint density at radius 3 is 2.77 bits per heavy atom. The van der Waals surface area contributed by atoms with Crippen molar-refractivity contribution in [1.29, 1.82) is 5.41 Å². The first-order valence-corrected chi connectivity index (χ1v) is 5.98. The highest BCUT2D eigenvalue weighted by atomic mass is 32.2. The smallest absolute Gasteiger partial charge is 0.106 e. The van der Waals surface area contributed by atoms with Crippen LogP contribution < -0.4 is 0 Å². The van der Waals surface area contributed by atoms with Crippen LogP contribution in [-0.2, 0) is 4.74 Å². The highest BCUT2D eigenvalue weighted by molar-refractivity contribution is 7.99. The topological polar surface area (TPSA) is 36.3 Å². The molecule has 0 aromatic rings. The molecular formula is C9H18N2OS. The van der Waals surface area contributed by atoms with Crippen LogP contribution in [0.25, 0.3) is 0 Å². The first-order chi connectivity index (χ1) is 6.34. The normalized spacial score (nSPS) is 17.5. The predicted octanol–water partition coefficient (Wildman–Crippen LogP) is 1.44. The van der Waals surface area contributed by atoms with Crippen molar-refractivity contribution in [2.45, 2.75) is 13.3 Å². The van der Waals surface area contributed by atoms with E-state index in [1.54, 1.807) is 0 Å². The molecule has 1 aliphatic rings. The van der Waals surface area contributed by atoms with Gasteiger partial charge in [0, 0.05) is 13.1 Å². The summed E-state index contributed by atoms with van der Waals surface area (Å²) >= 11 is 1.85. The first kappa shape index (κ1) is 10.9. The van der Waals surface area contributed by atoms with Crippen LogP contribution in [0.1, 0.15) is 13.3 Å². The molecule has 0 radical (unpaired) electrons. The standard InChI is InChI=1S/C9H18N2OS/c1-2-7-13-8-9(10)11-3-5-12-6-4-11/h10H,2-8H2,1H3. The molecule has 0 spiro atoms. The van der Waals surface area contributed by atoms with Gasteiger partial charge >= 0.3 is 0 Å². The van der Waals surface area contributed by atoms with Crippen LogP contribution in [0.3, 0.4) is 0 Å². The Kier molecular flexibility index (Phi) is 5.23. The lowest BCUT2D eigenvalue weighted by molar-refractivity contribution is 0.0676. The third-order valence-corrected chi connectivity index (χ3v) is 3.15. The molecule has 0 aromatic heterocycles. The molecule has 1 rings (SSSR count). The number of morpholine rings is 1. The molecule has 0 saturated carbocycles. The summed E-state index contributed by atoms with van der Waals surface area (Å²) in [5, 5.41) is 7.81. The maximum atomic E-state index is 7.81. The third kappa shape index (κ3) is 4.00. The van der Waals surface area contributed by atoms with E-state index < -0.39 is 0 Å². The Bertz CT molecular complexity index is 158. The van der Waals surface area contributed by atoms with Crippen LogP contribution in [0.15, 0.2) is 0 Å². The van der Waals surface area contributed by atoms with Crippen LogP contribution in [0, 0.1) is 5.41 Å². The summed E-state index contributed by atoms with van der Waals surface area (Å²) in [6.45, 7) is 5.52. The lowest BCUT2D eigenvalue weighted by Crippen LogP contribution is -2.41. The lowest BCUT2D eigenvalue weighted by atomic mass is 10.4. The summed E-state index contributed by atoms with van der Waals surface area (Å²) in [5.74, 6) is 2.78. The second-order valence-electron chi connectivity index (χ2n) is 3.10. The molecule has 1 fully saturated rings. The molecule has 1 heterocycles. The number of amidine groups is 1. The highest BCUT2D eigenvalue weighted by Gasteiger charge is 2.12. The Balaban J connectivity index is 2.13. The summed E-state index contributed by atoms with van der Waals surface area (Å²) in [7, 11) is 0. The molecule has 4 heteroatoms. The maximum absolute atomic E-state index is 7.81. The van der Waals surface area contributed by atoms with E-state index in [4.69, 9.17) is 10.1 Å². The van der Waals surface area contributed by atoms with Gasteiger partial charge in [0.2, 0.25) is 0 Å². The van der Waals surface area contributed by atoms with Gasteiger partial charge in [-0.1, -0.05) is 6.92 Å². The molecule has 0 atom stereocenters. The SMILES string of the molecule is CCCSCC(=N)N1CCOCC1. The fraction of sp³-hybridized carbons (Fsp3) is 0.889. The van der Waals surface area contributed by atoms with E-state index in [0.717, 1.165) is 43.6 Å². The van der Waals surface area contributed by atoms with Crippen LogP contribution in [0.4, 0.5) is 0 Å². The van der Waals surface area contributed by atoms with E-state index in [0.29, 0.717) is 0 Å². The van der Waals surface area contributed by atoms with Gasteiger partial charge in [-0.25, -0.2) is 0 Å². The molecule has 0 bridgehead atoms. The van der Waals surface area contributed by atoms with Gasteiger partial charge in [-0.15, -0.1) is 0 Å². The van der Waals surface area contributed by atoms with Crippen molar-refractivity contribution < 1.29 is 4.74 Å². The Labute approximate surface area is 84.3 Å². The molecular weight excluding hydrogens is 184 g/mol. The molecule has 0 amide bonds. The van der Waals surface area contributed by atoms with Crippen LogP contribution in [-0.4, -0.2) is 48.5 Å². The number of ether oxygens (including phenoxy) is 1. The van der Waals surface area contributed by atoms with Gasteiger partial charge in [-0.05, 0) is 12.2 Å². The number of hydrogen-bond donors (Lipinski definition) is 1. The molecule has 13 heavy (non-hydrogen) atoms. The zero-order valence-electron chi connectivity index (χ0n) is 8.21. The summed E-state index contributed by atoms with van der Waals surface area (Å²) in [6, 6.07) is 0. The van der Waals surface area contributed by atoms with E-state index in [-0.39, 0.29) is 0 Å². The number of rotatable bonds is 4. The first-order valence-electron chi connectivity index (χ1n) is 4.82. The zero-order valence-corrected chi connectivity index (χ0v) is 9.03. The molecule has 0 aliphatic carbocycles. The zero-order chi connectivity index (χ0) is 9.52. The molecule has 1 N–H and O–H groups in total. The molecule has 1 aliphatic heterocycles. The summed E-state index contributed by atoms with van der Waals surface area (Å²) in [6.07, 6.45) is 1.20. The monoisotopic (exact) mass is 202 g/mol. The van der Waals surface area contributed by atoms with Gasteiger partial charge in [0.15, 0.2) is 0 Å². The number of nitrogens with one attached hydrogen (secondary N) is 1. The fourth-order valence-electron chi connectivity index (χ4n) is 1.24. The Hall–Kier alpha value is -0.220. The number of hydrogen-bond acceptors (Lipinski definition) is 3.